The lowest BCUT2D eigenvalue weighted by Crippen LogP contribution is -2.29. The highest BCUT2D eigenvalue weighted by molar-refractivity contribution is 5.97. The van der Waals surface area contributed by atoms with E-state index in [1.807, 2.05) is 36.1 Å². The van der Waals surface area contributed by atoms with E-state index in [1.54, 1.807) is 15.8 Å². The van der Waals surface area contributed by atoms with Gasteiger partial charge in [0.25, 0.3) is 5.91 Å². The quantitative estimate of drug-likeness (QED) is 0.894. The van der Waals surface area contributed by atoms with Gasteiger partial charge >= 0.3 is 0 Å². The van der Waals surface area contributed by atoms with Gasteiger partial charge in [0, 0.05) is 45.1 Å². The number of aliphatic hydroxyl groups excluding tert-OH is 1. The Bertz CT molecular complexity index is 603. The molecular formula is C14H18N4O2. The van der Waals surface area contributed by atoms with Gasteiger partial charge in [-0.15, -0.1) is 0 Å². The fraction of sp³-hybridized carbons (Fsp3) is 0.429. The molecule has 1 fully saturated rings. The molecule has 0 aromatic carbocycles. The zero-order valence-electron chi connectivity index (χ0n) is 11.4. The van der Waals surface area contributed by atoms with E-state index in [9.17, 15) is 9.90 Å². The Morgan fingerprint density at radius 2 is 2.20 bits per heavy atom. The van der Waals surface area contributed by atoms with Gasteiger partial charge in [-0.3, -0.25) is 9.48 Å². The number of rotatable bonds is 3. The van der Waals surface area contributed by atoms with Crippen LogP contribution in [0.1, 0.15) is 16.8 Å². The molecule has 1 aliphatic rings. The smallest absolute Gasteiger partial charge is 0.259 e. The molecule has 0 aliphatic carbocycles. The van der Waals surface area contributed by atoms with Crippen molar-refractivity contribution in [2.24, 2.45) is 13.0 Å². The van der Waals surface area contributed by atoms with E-state index in [0.29, 0.717) is 18.7 Å². The number of likely N-dealkylation sites (tertiary alicyclic amines) is 1. The number of hydrogen-bond acceptors (Lipinski definition) is 3. The third-order valence-corrected chi connectivity index (χ3v) is 3.82. The van der Waals surface area contributed by atoms with Crippen LogP contribution in [-0.2, 0) is 7.05 Å². The van der Waals surface area contributed by atoms with Gasteiger partial charge in [0.1, 0.15) is 11.4 Å². The van der Waals surface area contributed by atoms with Crippen LogP contribution < -0.4 is 0 Å². The third kappa shape index (κ3) is 2.12. The van der Waals surface area contributed by atoms with Crippen molar-refractivity contribution >= 4 is 5.91 Å². The van der Waals surface area contributed by atoms with Gasteiger partial charge in [0.15, 0.2) is 0 Å². The second-order valence-corrected chi connectivity index (χ2v) is 5.18. The minimum atomic E-state index is -0.0160. The average Bonchev–Trinajstić information content (AvgIpc) is 3.17. The fourth-order valence-electron chi connectivity index (χ4n) is 2.70. The lowest BCUT2D eigenvalue weighted by molar-refractivity contribution is 0.0782. The molecule has 0 saturated carbocycles. The van der Waals surface area contributed by atoms with Crippen LogP contribution in [0.3, 0.4) is 0 Å². The van der Waals surface area contributed by atoms with Crippen LogP contribution in [0.5, 0.6) is 0 Å². The Kier molecular flexibility index (Phi) is 3.31. The summed E-state index contributed by atoms with van der Waals surface area (Å²) in [5.41, 5.74) is 0.599. The normalized spacial score (nSPS) is 18.7. The molecule has 1 aliphatic heterocycles. The summed E-state index contributed by atoms with van der Waals surface area (Å²) >= 11 is 0. The zero-order valence-corrected chi connectivity index (χ0v) is 11.4. The van der Waals surface area contributed by atoms with E-state index in [0.717, 1.165) is 12.2 Å². The van der Waals surface area contributed by atoms with Crippen molar-refractivity contribution in [3.63, 3.8) is 0 Å². The van der Waals surface area contributed by atoms with Gasteiger partial charge in [-0.05, 0) is 18.6 Å². The minimum Gasteiger partial charge on any atom is -0.396 e. The Labute approximate surface area is 117 Å². The Hall–Kier alpha value is -2.08. The summed E-state index contributed by atoms with van der Waals surface area (Å²) in [5.74, 6) is 0.954. The summed E-state index contributed by atoms with van der Waals surface area (Å²) in [6.07, 6.45) is 6.27. The molecule has 1 amide bonds. The molecule has 106 valence electrons. The summed E-state index contributed by atoms with van der Waals surface area (Å²) in [5, 5.41) is 13.4. The molecule has 6 nitrogen and oxygen atoms in total. The number of hydrogen-bond donors (Lipinski definition) is 1. The summed E-state index contributed by atoms with van der Waals surface area (Å²) in [7, 11) is 1.83. The summed E-state index contributed by atoms with van der Waals surface area (Å²) in [6, 6.07) is 3.83. The lowest BCUT2D eigenvalue weighted by Gasteiger charge is -2.16. The molecular weight excluding hydrogens is 256 g/mol. The zero-order chi connectivity index (χ0) is 14.1. The maximum Gasteiger partial charge on any atom is 0.259 e. The second-order valence-electron chi connectivity index (χ2n) is 5.18. The van der Waals surface area contributed by atoms with E-state index in [1.165, 1.54) is 0 Å². The van der Waals surface area contributed by atoms with Crippen LogP contribution in [0.4, 0.5) is 0 Å². The number of aliphatic hydroxyl groups is 1. The number of carbonyl (C=O) groups excluding carboxylic acids is 1. The van der Waals surface area contributed by atoms with Crippen molar-refractivity contribution in [3.05, 3.63) is 36.3 Å². The monoisotopic (exact) mass is 274 g/mol. The number of carbonyl (C=O) groups is 1. The molecule has 2 aromatic rings. The number of aromatic nitrogens is 3. The first kappa shape index (κ1) is 12.9. The maximum absolute atomic E-state index is 12.6. The van der Waals surface area contributed by atoms with Crippen molar-refractivity contribution < 1.29 is 9.90 Å². The summed E-state index contributed by atoms with van der Waals surface area (Å²) in [6.45, 7) is 1.46. The van der Waals surface area contributed by atoms with E-state index < -0.39 is 0 Å². The largest absolute Gasteiger partial charge is 0.396 e. The predicted molar refractivity (Wildman–Crippen MR) is 73.6 cm³/mol. The van der Waals surface area contributed by atoms with Crippen LogP contribution in [0.25, 0.3) is 5.82 Å². The van der Waals surface area contributed by atoms with Crippen LogP contribution in [0.15, 0.2) is 30.7 Å². The number of nitrogens with zero attached hydrogens (tertiary/aromatic N) is 4. The first-order valence-corrected chi connectivity index (χ1v) is 6.76. The summed E-state index contributed by atoms with van der Waals surface area (Å²) < 4.78 is 3.59. The highest BCUT2D eigenvalue weighted by Gasteiger charge is 2.29. The first-order chi connectivity index (χ1) is 9.70. The molecule has 1 atom stereocenters. The molecule has 0 spiro atoms. The van der Waals surface area contributed by atoms with Crippen molar-refractivity contribution in [3.8, 4) is 5.82 Å². The van der Waals surface area contributed by atoms with Crippen molar-refractivity contribution in [2.45, 2.75) is 6.42 Å². The van der Waals surface area contributed by atoms with E-state index in [2.05, 4.69) is 5.10 Å². The minimum absolute atomic E-state index is 0.0160. The molecule has 2 aromatic heterocycles. The Morgan fingerprint density at radius 3 is 2.85 bits per heavy atom. The fourth-order valence-corrected chi connectivity index (χ4v) is 2.70. The van der Waals surface area contributed by atoms with Crippen LogP contribution in [0.2, 0.25) is 0 Å². The number of aryl methyl sites for hydroxylation is 1. The van der Waals surface area contributed by atoms with E-state index in [4.69, 9.17) is 0 Å². The third-order valence-electron chi connectivity index (χ3n) is 3.82. The van der Waals surface area contributed by atoms with Gasteiger partial charge < -0.3 is 14.6 Å². The molecule has 1 N–H and O–H groups in total. The van der Waals surface area contributed by atoms with Gasteiger partial charge in [-0.2, -0.15) is 5.10 Å². The molecule has 3 heterocycles. The van der Waals surface area contributed by atoms with Crippen molar-refractivity contribution in [1.29, 1.82) is 0 Å². The summed E-state index contributed by atoms with van der Waals surface area (Å²) in [4.78, 5) is 14.4. The molecule has 1 saturated heterocycles. The van der Waals surface area contributed by atoms with Gasteiger partial charge in [-0.1, -0.05) is 0 Å². The Morgan fingerprint density at radius 1 is 1.45 bits per heavy atom. The molecule has 6 heteroatoms. The molecule has 1 unspecified atom stereocenters. The van der Waals surface area contributed by atoms with Crippen molar-refractivity contribution in [2.75, 3.05) is 19.7 Å². The first-order valence-electron chi connectivity index (χ1n) is 6.76. The van der Waals surface area contributed by atoms with Crippen LogP contribution >= 0.6 is 0 Å². The van der Waals surface area contributed by atoms with E-state index in [-0.39, 0.29) is 18.4 Å². The van der Waals surface area contributed by atoms with Gasteiger partial charge in [0.05, 0.1) is 6.20 Å². The molecule has 0 radical (unpaired) electrons. The highest BCUT2D eigenvalue weighted by atomic mass is 16.3. The van der Waals surface area contributed by atoms with Crippen LogP contribution in [0, 0.1) is 5.92 Å². The van der Waals surface area contributed by atoms with Crippen molar-refractivity contribution in [1.82, 2.24) is 19.2 Å². The topological polar surface area (TPSA) is 63.3 Å². The average molecular weight is 274 g/mol. The molecule has 0 bridgehead atoms. The van der Waals surface area contributed by atoms with E-state index >= 15 is 0 Å². The maximum atomic E-state index is 12.6. The van der Waals surface area contributed by atoms with Gasteiger partial charge in [-0.25, -0.2) is 0 Å². The lowest BCUT2D eigenvalue weighted by atomic mass is 10.1. The Balaban J connectivity index is 1.90. The van der Waals surface area contributed by atoms with Crippen LogP contribution in [-0.4, -0.2) is 50.0 Å². The van der Waals surface area contributed by atoms with Gasteiger partial charge in [0.2, 0.25) is 0 Å². The molecule has 3 rings (SSSR count). The molecule has 20 heavy (non-hydrogen) atoms. The highest BCUT2D eigenvalue weighted by Crippen LogP contribution is 2.21. The SMILES string of the molecule is Cn1ncc(C(=O)N2CCC(CO)C2)c1-n1cccc1. The standard InChI is InChI=1S/C14H18N4O2/c1-16-13(17-5-2-3-6-17)12(8-15-16)14(20)18-7-4-11(9-18)10-19/h2-3,5-6,8,11,19H,4,7,9-10H2,1H3. The predicted octanol–water partition coefficient (Wildman–Crippen LogP) is 0.665. The number of amides is 1. The second kappa shape index (κ2) is 5.13.